The zero-order valence-electron chi connectivity index (χ0n) is 15.7. The summed E-state index contributed by atoms with van der Waals surface area (Å²) in [6.07, 6.45) is 0. The van der Waals surface area contributed by atoms with E-state index in [1.54, 1.807) is 10.6 Å². The highest BCUT2D eigenvalue weighted by atomic mass is 31.2. The quantitative estimate of drug-likeness (QED) is 0.520. The second-order valence-corrected chi connectivity index (χ2v) is 23.4. The smallest absolute Gasteiger partial charge is 0.0691 e. The van der Waals surface area contributed by atoms with Gasteiger partial charge in [0, 0.05) is 0 Å². The van der Waals surface area contributed by atoms with E-state index in [-0.39, 0.29) is 0 Å². The summed E-state index contributed by atoms with van der Waals surface area (Å²) in [6.45, 7) is 16.4. The highest BCUT2D eigenvalue weighted by molar-refractivity contribution is 7.96. The van der Waals surface area contributed by atoms with Gasteiger partial charge in [-0.25, -0.2) is 0 Å². The fourth-order valence-corrected chi connectivity index (χ4v) is 28.0. The van der Waals surface area contributed by atoms with Crippen LogP contribution in [0.1, 0.15) is 0 Å². The first-order valence-corrected chi connectivity index (χ1v) is 17.7. The SMILES string of the molecule is C[Si](C)(C)C([Si](C)(C)C)=P(C)(c1ccccc1)c1ccccc1. The molecule has 2 aromatic rings. The molecular formula is C20H31PSi2. The molecule has 0 aromatic heterocycles. The van der Waals surface area contributed by atoms with E-state index < -0.39 is 23.0 Å². The minimum atomic E-state index is -1.49. The summed E-state index contributed by atoms with van der Waals surface area (Å²) >= 11 is 0. The standard InChI is InChI=1S/C20H31PSi2/c1-21(18-14-10-8-11-15-18,19-16-12-9-13-17-19)20(22(2,3)4)23(5,6)7/h8-17H,1-7H3. The van der Waals surface area contributed by atoms with Crippen molar-refractivity contribution >= 4 is 38.2 Å². The van der Waals surface area contributed by atoms with E-state index in [4.69, 9.17) is 0 Å². The lowest BCUT2D eigenvalue weighted by atomic mass is 10.4. The molecule has 124 valence electrons. The highest BCUT2D eigenvalue weighted by Gasteiger charge is 2.38. The van der Waals surface area contributed by atoms with E-state index in [1.165, 1.54) is 0 Å². The van der Waals surface area contributed by atoms with Crippen LogP contribution in [-0.4, -0.2) is 27.4 Å². The van der Waals surface area contributed by atoms with Crippen LogP contribution in [0.25, 0.3) is 0 Å². The van der Waals surface area contributed by atoms with Crippen molar-refractivity contribution in [2.75, 3.05) is 6.66 Å². The first kappa shape index (κ1) is 18.5. The van der Waals surface area contributed by atoms with Crippen molar-refractivity contribution in [3.05, 3.63) is 60.7 Å². The van der Waals surface area contributed by atoms with Gasteiger partial charge < -0.3 is 0 Å². The first-order chi connectivity index (χ1) is 10.6. The van der Waals surface area contributed by atoms with Gasteiger partial charge in [0.1, 0.15) is 0 Å². The van der Waals surface area contributed by atoms with Crippen molar-refractivity contribution in [3.63, 3.8) is 0 Å². The van der Waals surface area contributed by atoms with Gasteiger partial charge in [-0.1, -0.05) is 111 Å². The summed E-state index contributed by atoms with van der Waals surface area (Å²) in [5, 5.41) is 3.09. The third-order valence-corrected chi connectivity index (χ3v) is 22.0. The molecule has 0 spiro atoms. The van der Waals surface area contributed by atoms with Crippen LogP contribution in [0.15, 0.2) is 60.7 Å². The Kier molecular flexibility index (Phi) is 5.30. The Morgan fingerprint density at radius 1 is 0.609 bits per heavy atom. The van der Waals surface area contributed by atoms with Crippen molar-refractivity contribution in [1.29, 1.82) is 0 Å². The van der Waals surface area contributed by atoms with Gasteiger partial charge in [-0.2, -0.15) is 0 Å². The molecular weight excluding hydrogens is 327 g/mol. The van der Waals surface area contributed by atoms with E-state index in [9.17, 15) is 0 Å². The van der Waals surface area contributed by atoms with Crippen LogP contribution in [0.5, 0.6) is 0 Å². The van der Waals surface area contributed by atoms with E-state index in [1.807, 2.05) is 4.54 Å². The van der Waals surface area contributed by atoms with Crippen molar-refractivity contribution in [1.82, 2.24) is 0 Å². The van der Waals surface area contributed by atoms with Gasteiger partial charge in [0.15, 0.2) is 0 Å². The molecule has 2 aromatic carbocycles. The fraction of sp³-hybridized carbons (Fsp3) is 0.350. The van der Waals surface area contributed by atoms with Crippen molar-refractivity contribution in [3.8, 4) is 0 Å². The fourth-order valence-electron chi connectivity index (χ4n) is 4.33. The molecule has 0 saturated heterocycles. The van der Waals surface area contributed by atoms with Gasteiger partial charge in [0.2, 0.25) is 0 Å². The third kappa shape index (κ3) is 3.81. The number of hydrogen-bond donors (Lipinski definition) is 0. The number of benzene rings is 2. The normalized spacial score (nSPS) is 13.0. The van der Waals surface area contributed by atoms with E-state index in [2.05, 4.69) is 107 Å². The molecule has 0 saturated carbocycles. The summed E-state index contributed by atoms with van der Waals surface area (Å²) < 4.78 is 1.95. The average Bonchev–Trinajstić information content (AvgIpc) is 2.46. The predicted octanol–water partition coefficient (Wildman–Crippen LogP) is 5.21. The molecule has 0 fully saturated rings. The monoisotopic (exact) mass is 358 g/mol. The maximum atomic E-state index is 2.57. The van der Waals surface area contributed by atoms with Crippen LogP contribution >= 0.6 is 6.89 Å². The van der Waals surface area contributed by atoms with Gasteiger partial charge in [-0.15, -0.1) is 0 Å². The lowest BCUT2D eigenvalue weighted by molar-refractivity contribution is 1.74. The highest BCUT2D eigenvalue weighted by Crippen LogP contribution is 2.47. The molecule has 0 radical (unpaired) electrons. The Labute approximate surface area is 145 Å². The van der Waals surface area contributed by atoms with E-state index in [0.717, 1.165) is 0 Å². The van der Waals surface area contributed by atoms with Crippen LogP contribution in [0.4, 0.5) is 0 Å². The van der Waals surface area contributed by atoms with Crippen LogP contribution in [0.2, 0.25) is 39.3 Å². The van der Waals surface area contributed by atoms with Crippen LogP contribution in [0, 0.1) is 0 Å². The Morgan fingerprint density at radius 2 is 0.913 bits per heavy atom. The Balaban J connectivity index is 3.01. The summed E-state index contributed by atoms with van der Waals surface area (Å²) in [4.78, 5) is 0. The van der Waals surface area contributed by atoms with Gasteiger partial charge in [-0.3, -0.25) is 0 Å². The minimum absolute atomic E-state index is 1.40. The summed E-state index contributed by atoms with van der Waals surface area (Å²) in [6, 6.07) is 22.6. The van der Waals surface area contributed by atoms with Crippen LogP contribution < -0.4 is 10.6 Å². The summed E-state index contributed by atoms with van der Waals surface area (Å²) in [5.41, 5.74) is 0. The van der Waals surface area contributed by atoms with Crippen molar-refractivity contribution < 1.29 is 0 Å². The molecule has 0 bridgehead atoms. The van der Waals surface area contributed by atoms with Crippen molar-refractivity contribution in [2.24, 2.45) is 0 Å². The van der Waals surface area contributed by atoms with Crippen LogP contribution in [0.3, 0.4) is 0 Å². The lowest BCUT2D eigenvalue weighted by Crippen LogP contribution is -2.52. The molecule has 2 rings (SSSR count). The molecule has 0 amide bonds. The van der Waals surface area contributed by atoms with Gasteiger partial charge in [0.05, 0.1) is 16.1 Å². The third-order valence-electron chi connectivity index (χ3n) is 4.41. The molecule has 0 N–H and O–H groups in total. The summed E-state index contributed by atoms with van der Waals surface area (Å²) in [5.74, 6) is 0. The molecule has 23 heavy (non-hydrogen) atoms. The minimum Gasteiger partial charge on any atom is -0.0853 e. The molecule has 0 aliphatic carbocycles. The van der Waals surface area contributed by atoms with Gasteiger partial charge in [-0.05, 0) is 17.3 Å². The largest absolute Gasteiger partial charge is 0.0853 e. The maximum absolute atomic E-state index is 2.57. The molecule has 0 aliphatic rings. The first-order valence-electron chi connectivity index (χ1n) is 8.44. The van der Waals surface area contributed by atoms with E-state index in [0.29, 0.717) is 0 Å². The van der Waals surface area contributed by atoms with E-state index >= 15 is 0 Å². The maximum Gasteiger partial charge on any atom is 0.0691 e. The predicted molar refractivity (Wildman–Crippen MR) is 117 cm³/mol. The zero-order chi connectivity index (χ0) is 17.3. The second kappa shape index (κ2) is 6.59. The molecule has 0 unspecified atom stereocenters. The topological polar surface area (TPSA) is 0 Å². The molecule has 0 heterocycles. The molecule has 0 atom stereocenters. The zero-order valence-corrected chi connectivity index (χ0v) is 18.6. The summed E-state index contributed by atoms with van der Waals surface area (Å²) in [7, 11) is -2.79. The average molecular weight is 359 g/mol. The Morgan fingerprint density at radius 3 is 1.17 bits per heavy atom. The number of rotatable bonds is 4. The van der Waals surface area contributed by atoms with Gasteiger partial charge >= 0.3 is 0 Å². The number of hydrogen-bond acceptors (Lipinski definition) is 0. The Hall–Kier alpha value is -0.826. The van der Waals surface area contributed by atoms with Gasteiger partial charge in [0.25, 0.3) is 0 Å². The lowest BCUT2D eigenvalue weighted by Gasteiger charge is -2.41. The second-order valence-electron chi connectivity index (χ2n) is 8.53. The van der Waals surface area contributed by atoms with Crippen molar-refractivity contribution in [2.45, 2.75) is 39.3 Å². The van der Waals surface area contributed by atoms with Crippen LogP contribution in [-0.2, 0) is 0 Å². The molecule has 0 aliphatic heterocycles. The molecule has 0 nitrogen and oxygen atoms in total. The molecule has 3 heteroatoms. The Bertz CT molecular complexity index is 645.